The molecule has 1 nitrogen and oxygen atoms in total. The van der Waals surface area contributed by atoms with Crippen LogP contribution in [0.3, 0.4) is 0 Å². The molecule has 3 heteroatoms. The summed E-state index contributed by atoms with van der Waals surface area (Å²) in [6, 6.07) is 0. The zero-order valence-electron chi connectivity index (χ0n) is 21.2. The van der Waals surface area contributed by atoms with E-state index >= 15 is 0 Å². The van der Waals surface area contributed by atoms with Crippen molar-refractivity contribution in [1.82, 2.24) is 4.90 Å². The molecule has 0 amide bonds. The maximum absolute atomic E-state index is 3.01. The van der Waals surface area contributed by atoms with E-state index in [1.54, 1.807) is 38.5 Å². The van der Waals surface area contributed by atoms with Crippen LogP contribution in [-0.2, 0) is 0 Å². The number of likely N-dealkylation sites (tertiary alicyclic amines) is 1. The molecule has 1 saturated heterocycles. The van der Waals surface area contributed by atoms with Gasteiger partial charge in [-0.1, -0.05) is 0 Å². The Balaban J connectivity index is 1.68. The predicted molar refractivity (Wildman–Crippen MR) is 137 cm³/mol. The molecule has 8 atom stereocenters. The maximum atomic E-state index is 3.01. The number of hydrogen-bond donors (Lipinski definition) is 0. The molecule has 5 aliphatic rings. The van der Waals surface area contributed by atoms with Crippen LogP contribution in [0.5, 0.6) is 0 Å². The zero-order valence-corrected chi connectivity index (χ0v) is 25.5. The van der Waals surface area contributed by atoms with Crippen LogP contribution < -0.4 is 17.2 Å². The molecule has 5 rings (SSSR count). The van der Waals surface area contributed by atoms with Crippen LogP contribution in [0.2, 0.25) is 0 Å². The fourth-order valence-corrected chi connectivity index (χ4v) is 21.3. The van der Waals surface area contributed by atoms with Gasteiger partial charge in [-0.05, 0) is 0 Å². The molecule has 4 saturated carbocycles. The van der Waals surface area contributed by atoms with E-state index in [-0.39, 0.29) is 17.2 Å². The molecule has 180 valence electrons. The Kier molecular flexibility index (Phi) is 6.41. The van der Waals surface area contributed by atoms with E-state index in [2.05, 4.69) is 65.2 Å². The first-order chi connectivity index (χ1) is 14.6. The molecular weight excluding hydrogens is 604 g/mol. The van der Waals surface area contributed by atoms with Crippen molar-refractivity contribution in [2.24, 2.45) is 40.9 Å². The molecule has 0 N–H and O–H groups in total. The van der Waals surface area contributed by atoms with Gasteiger partial charge < -0.3 is 0 Å². The normalized spacial score (nSPS) is 51.7. The fourth-order valence-electron chi connectivity index (χ4n) is 11.1. The molecule has 1 aliphatic heterocycles. The first kappa shape index (κ1) is 24.1. The third-order valence-corrected chi connectivity index (χ3v) is 19.7. The summed E-state index contributed by atoms with van der Waals surface area (Å²) in [5.74, 6) is 5.95. The molecule has 8 unspecified atom stereocenters. The first-order valence-corrected chi connectivity index (χ1v) is 21.0. The quantitative estimate of drug-likeness (QED) is 0.297. The summed E-state index contributed by atoms with van der Waals surface area (Å²) in [6.07, 6.45) is 18.4. The van der Waals surface area contributed by atoms with Crippen LogP contribution in [-0.4, -0.2) is 26.4 Å². The SMILES string of the molecule is CN1C(C)(C)C2C(C)(C)CC3CCCCC3C([I-]I)(C3CCC4CCCCC3C4)C21C. The number of hydrogen-bond acceptors (Lipinski definition) is 1. The summed E-state index contributed by atoms with van der Waals surface area (Å²) >= 11 is 3.14. The molecule has 4 aliphatic carbocycles. The van der Waals surface area contributed by atoms with Crippen molar-refractivity contribution in [2.45, 2.75) is 126 Å². The predicted octanol–water partition coefficient (Wildman–Crippen LogP) is 5.11. The van der Waals surface area contributed by atoms with Crippen molar-refractivity contribution in [3.63, 3.8) is 0 Å². The number of alkyl halides is 1. The summed E-state index contributed by atoms with van der Waals surface area (Å²) in [7, 11) is 2.54. The van der Waals surface area contributed by atoms with Gasteiger partial charge in [0.1, 0.15) is 0 Å². The van der Waals surface area contributed by atoms with E-state index in [1.807, 2.05) is 0 Å². The summed E-state index contributed by atoms with van der Waals surface area (Å²) in [6.45, 7) is 13.4. The molecule has 1 heterocycles. The van der Waals surface area contributed by atoms with Gasteiger partial charge in [-0.15, -0.1) is 0 Å². The Hall–Kier alpha value is 1.42. The van der Waals surface area contributed by atoms with E-state index in [0.29, 0.717) is 19.9 Å². The van der Waals surface area contributed by atoms with E-state index in [0.717, 1.165) is 35.5 Å². The van der Waals surface area contributed by atoms with E-state index in [9.17, 15) is 0 Å². The molecule has 0 aromatic carbocycles. The van der Waals surface area contributed by atoms with Crippen LogP contribution in [0.1, 0.15) is 112 Å². The minimum absolute atomic E-state index is 0.129. The summed E-state index contributed by atoms with van der Waals surface area (Å²) in [4.78, 5) is 2.95. The average Bonchev–Trinajstić information content (AvgIpc) is 2.94. The number of halogens is 2. The van der Waals surface area contributed by atoms with Gasteiger partial charge in [-0.2, -0.15) is 0 Å². The molecular formula is C28H48I2N-. The van der Waals surface area contributed by atoms with Gasteiger partial charge in [-0.25, -0.2) is 0 Å². The molecule has 0 aromatic heterocycles. The third kappa shape index (κ3) is 3.25. The Bertz CT molecular complexity index is 688. The van der Waals surface area contributed by atoms with Crippen LogP contribution in [0.4, 0.5) is 0 Å². The second kappa shape index (κ2) is 8.23. The Morgan fingerprint density at radius 2 is 1.39 bits per heavy atom. The van der Waals surface area contributed by atoms with Crippen LogP contribution >= 0.6 is 18.6 Å². The van der Waals surface area contributed by atoms with E-state index in [1.165, 1.54) is 38.5 Å². The Morgan fingerprint density at radius 3 is 2.10 bits per heavy atom. The van der Waals surface area contributed by atoms with Crippen LogP contribution in [0.25, 0.3) is 0 Å². The van der Waals surface area contributed by atoms with E-state index < -0.39 is 0 Å². The van der Waals surface area contributed by atoms with Gasteiger partial charge in [0, 0.05) is 0 Å². The van der Waals surface area contributed by atoms with Crippen molar-refractivity contribution in [3.8, 4) is 0 Å². The standard InChI is InChI=1S/C28H48I2N/c1-25(2)18-21-13-9-10-14-22(21)28(30-29,27(5)24(25)26(3,4)31(27)6)23-16-15-19-11-7-8-12-20(23)17-19/h19-24H,7-18H2,1-6H3/q-1. The molecule has 2 bridgehead atoms. The van der Waals surface area contributed by atoms with Crippen LogP contribution in [0.15, 0.2) is 0 Å². The average molecular weight is 653 g/mol. The number of fused-ring (bicyclic) bond motifs is 4. The van der Waals surface area contributed by atoms with Crippen molar-refractivity contribution in [2.75, 3.05) is 7.05 Å². The van der Waals surface area contributed by atoms with Crippen molar-refractivity contribution in [1.29, 1.82) is 0 Å². The van der Waals surface area contributed by atoms with Gasteiger partial charge in [-0.3, -0.25) is 0 Å². The van der Waals surface area contributed by atoms with Gasteiger partial charge in [0.25, 0.3) is 0 Å². The second-order valence-corrected chi connectivity index (χ2v) is 18.7. The van der Waals surface area contributed by atoms with Gasteiger partial charge in [0.2, 0.25) is 0 Å². The Morgan fingerprint density at radius 1 is 0.774 bits per heavy atom. The van der Waals surface area contributed by atoms with Gasteiger partial charge in [0.05, 0.1) is 0 Å². The minimum atomic E-state index is 0.129. The first-order valence-electron chi connectivity index (χ1n) is 13.6. The number of nitrogens with zero attached hydrogens (tertiary/aromatic N) is 1. The van der Waals surface area contributed by atoms with Gasteiger partial charge >= 0.3 is 215 Å². The third-order valence-electron chi connectivity index (χ3n) is 11.8. The molecule has 31 heavy (non-hydrogen) atoms. The second-order valence-electron chi connectivity index (χ2n) is 13.8. The molecule has 0 aromatic rings. The van der Waals surface area contributed by atoms with Crippen molar-refractivity contribution < 1.29 is 17.2 Å². The topological polar surface area (TPSA) is 3.24 Å². The molecule has 5 fully saturated rings. The van der Waals surface area contributed by atoms with Crippen LogP contribution in [0, 0.1) is 40.9 Å². The molecule has 0 spiro atoms. The number of rotatable bonds is 2. The monoisotopic (exact) mass is 652 g/mol. The Labute approximate surface area is 213 Å². The van der Waals surface area contributed by atoms with Crippen molar-refractivity contribution in [3.05, 3.63) is 0 Å². The molecule has 0 radical (unpaired) electrons. The van der Waals surface area contributed by atoms with Gasteiger partial charge in [0.15, 0.2) is 0 Å². The fraction of sp³-hybridized carbons (Fsp3) is 1.00. The summed E-state index contributed by atoms with van der Waals surface area (Å²) in [5.41, 5.74) is 1.20. The summed E-state index contributed by atoms with van der Waals surface area (Å²) < 4.78 is 0.611. The summed E-state index contributed by atoms with van der Waals surface area (Å²) in [5, 5.41) is 0. The van der Waals surface area contributed by atoms with E-state index in [4.69, 9.17) is 0 Å². The van der Waals surface area contributed by atoms with Crippen molar-refractivity contribution >= 4 is 18.6 Å². The zero-order chi connectivity index (χ0) is 22.2.